The molecule has 18 heavy (non-hydrogen) atoms. The van der Waals surface area contributed by atoms with Crippen LogP contribution in [0.5, 0.6) is 0 Å². The third-order valence-corrected chi connectivity index (χ3v) is 3.29. The summed E-state index contributed by atoms with van der Waals surface area (Å²) in [6.45, 7) is 4.13. The van der Waals surface area contributed by atoms with Crippen molar-refractivity contribution >= 4 is 30.5 Å². The van der Waals surface area contributed by atoms with E-state index < -0.39 is 0 Å². The van der Waals surface area contributed by atoms with Gasteiger partial charge in [-0.05, 0) is 49.5 Å². The molecule has 0 spiro atoms. The van der Waals surface area contributed by atoms with Crippen LogP contribution < -0.4 is 11.5 Å². The fraction of sp³-hybridized carbons (Fsp3) is 0.538. The first kappa shape index (κ1) is 17.5. The number of anilines is 1. The van der Waals surface area contributed by atoms with E-state index in [-0.39, 0.29) is 24.8 Å². The highest BCUT2D eigenvalue weighted by Crippen LogP contribution is 2.18. The predicted octanol–water partition coefficient (Wildman–Crippen LogP) is 2.28. The lowest BCUT2D eigenvalue weighted by molar-refractivity contribution is 0.171. The quantitative estimate of drug-likeness (QED) is 0.840. The first-order valence-electron chi connectivity index (χ1n) is 6.05. The molecule has 2 rings (SSSR count). The summed E-state index contributed by atoms with van der Waals surface area (Å²) in [5.41, 5.74) is 13.7. The maximum atomic E-state index is 5.78. The van der Waals surface area contributed by atoms with Gasteiger partial charge in [-0.2, -0.15) is 0 Å². The second-order valence-corrected chi connectivity index (χ2v) is 4.72. The lowest BCUT2D eigenvalue weighted by atomic mass is 9.98. The van der Waals surface area contributed by atoms with E-state index in [1.807, 2.05) is 12.1 Å². The van der Waals surface area contributed by atoms with E-state index in [1.54, 1.807) is 0 Å². The van der Waals surface area contributed by atoms with Crippen molar-refractivity contribution in [3.05, 3.63) is 29.8 Å². The normalized spacial score (nSPS) is 19.7. The van der Waals surface area contributed by atoms with Gasteiger partial charge in [-0.1, -0.05) is 12.1 Å². The minimum absolute atomic E-state index is 0. The van der Waals surface area contributed by atoms with Crippen molar-refractivity contribution in [1.82, 2.24) is 4.90 Å². The second kappa shape index (κ2) is 8.59. The standard InChI is InChI=1S/C13H21N3.2ClH/c14-8-12-4-2-6-16(10-12)9-11-3-1-5-13(15)7-11;;/h1,3,5,7,12H,2,4,6,8-10,14-15H2;2*1H. The van der Waals surface area contributed by atoms with Crippen LogP contribution in [0.4, 0.5) is 5.69 Å². The number of hydrogen-bond donors (Lipinski definition) is 2. The maximum Gasteiger partial charge on any atom is 0.0317 e. The predicted molar refractivity (Wildman–Crippen MR) is 82.4 cm³/mol. The summed E-state index contributed by atoms with van der Waals surface area (Å²) in [6, 6.07) is 8.16. The van der Waals surface area contributed by atoms with Gasteiger partial charge in [0.15, 0.2) is 0 Å². The lowest BCUT2D eigenvalue weighted by Gasteiger charge is -2.32. The third kappa shape index (κ3) is 5.02. The van der Waals surface area contributed by atoms with Gasteiger partial charge in [-0.15, -0.1) is 24.8 Å². The van der Waals surface area contributed by atoms with E-state index in [2.05, 4.69) is 17.0 Å². The number of hydrogen-bond acceptors (Lipinski definition) is 3. The number of rotatable bonds is 3. The van der Waals surface area contributed by atoms with Gasteiger partial charge in [0.25, 0.3) is 0 Å². The zero-order chi connectivity index (χ0) is 11.4. The number of nitrogens with zero attached hydrogens (tertiary/aromatic N) is 1. The van der Waals surface area contributed by atoms with Gasteiger partial charge in [0, 0.05) is 18.8 Å². The second-order valence-electron chi connectivity index (χ2n) is 4.72. The Kier molecular flexibility index (Phi) is 8.36. The number of halogens is 2. The Bertz CT molecular complexity index is 347. The highest BCUT2D eigenvalue weighted by molar-refractivity contribution is 5.85. The van der Waals surface area contributed by atoms with Crippen LogP contribution in [0, 0.1) is 5.92 Å². The lowest BCUT2D eigenvalue weighted by Crippen LogP contribution is -2.37. The Morgan fingerprint density at radius 1 is 1.28 bits per heavy atom. The molecule has 1 unspecified atom stereocenters. The van der Waals surface area contributed by atoms with Crippen LogP contribution in [0.2, 0.25) is 0 Å². The fourth-order valence-corrected chi connectivity index (χ4v) is 2.44. The number of nitrogens with two attached hydrogens (primary N) is 2. The van der Waals surface area contributed by atoms with Gasteiger partial charge in [-0.3, -0.25) is 4.90 Å². The molecule has 5 heteroatoms. The van der Waals surface area contributed by atoms with Gasteiger partial charge in [-0.25, -0.2) is 0 Å². The molecule has 1 aliphatic heterocycles. The first-order chi connectivity index (χ1) is 7.78. The molecule has 1 aromatic carbocycles. The number of piperidine rings is 1. The number of nitrogen functional groups attached to an aromatic ring is 1. The Balaban J connectivity index is 0.00000144. The van der Waals surface area contributed by atoms with Crippen molar-refractivity contribution < 1.29 is 0 Å². The molecular formula is C13H23Cl2N3. The van der Waals surface area contributed by atoms with Gasteiger partial charge in [0.2, 0.25) is 0 Å². The van der Waals surface area contributed by atoms with E-state index in [0.29, 0.717) is 5.92 Å². The monoisotopic (exact) mass is 291 g/mol. The Morgan fingerprint density at radius 3 is 2.72 bits per heavy atom. The molecule has 104 valence electrons. The van der Waals surface area contributed by atoms with Gasteiger partial charge in [0.05, 0.1) is 0 Å². The maximum absolute atomic E-state index is 5.78. The van der Waals surface area contributed by atoms with Crippen LogP contribution in [0.25, 0.3) is 0 Å². The molecule has 0 radical (unpaired) electrons. The molecule has 0 aromatic heterocycles. The molecule has 1 aromatic rings. The molecule has 4 N–H and O–H groups in total. The summed E-state index contributed by atoms with van der Waals surface area (Å²) in [7, 11) is 0. The zero-order valence-corrected chi connectivity index (χ0v) is 12.2. The van der Waals surface area contributed by atoms with Crippen molar-refractivity contribution in [3.63, 3.8) is 0 Å². The summed E-state index contributed by atoms with van der Waals surface area (Å²) < 4.78 is 0. The van der Waals surface area contributed by atoms with Crippen LogP contribution in [-0.2, 0) is 6.54 Å². The van der Waals surface area contributed by atoms with E-state index in [1.165, 1.54) is 24.9 Å². The first-order valence-corrected chi connectivity index (χ1v) is 6.05. The topological polar surface area (TPSA) is 55.3 Å². The van der Waals surface area contributed by atoms with E-state index in [0.717, 1.165) is 25.3 Å². The van der Waals surface area contributed by atoms with E-state index >= 15 is 0 Å². The van der Waals surface area contributed by atoms with Crippen molar-refractivity contribution in [2.45, 2.75) is 19.4 Å². The molecule has 0 aliphatic carbocycles. The molecule has 0 saturated carbocycles. The number of likely N-dealkylation sites (tertiary alicyclic amines) is 1. The zero-order valence-electron chi connectivity index (χ0n) is 10.5. The van der Waals surface area contributed by atoms with Crippen molar-refractivity contribution in [2.75, 3.05) is 25.4 Å². The SMILES string of the molecule is Cl.Cl.NCC1CCCN(Cc2cccc(N)c2)C1. The van der Waals surface area contributed by atoms with Crippen LogP contribution in [0.1, 0.15) is 18.4 Å². The number of benzene rings is 1. The molecule has 1 aliphatic rings. The van der Waals surface area contributed by atoms with Gasteiger partial charge < -0.3 is 11.5 Å². The summed E-state index contributed by atoms with van der Waals surface area (Å²) in [5.74, 6) is 0.676. The van der Waals surface area contributed by atoms with Gasteiger partial charge in [0.1, 0.15) is 0 Å². The molecule has 1 saturated heterocycles. The molecular weight excluding hydrogens is 269 g/mol. The van der Waals surface area contributed by atoms with E-state index in [9.17, 15) is 0 Å². The smallest absolute Gasteiger partial charge is 0.0317 e. The molecule has 1 atom stereocenters. The van der Waals surface area contributed by atoms with Crippen molar-refractivity contribution in [1.29, 1.82) is 0 Å². The Hall–Kier alpha value is -0.480. The highest BCUT2D eigenvalue weighted by Gasteiger charge is 2.18. The highest BCUT2D eigenvalue weighted by atomic mass is 35.5. The minimum Gasteiger partial charge on any atom is -0.399 e. The molecule has 0 amide bonds. The Labute approximate surface area is 122 Å². The summed E-state index contributed by atoms with van der Waals surface area (Å²) in [4.78, 5) is 2.48. The molecule has 1 heterocycles. The van der Waals surface area contributed by atoms with Gasteiger partial charge >= 0.3 is 0 Å². The Morgan fingerprint density at radius 2 is 2.06 bits per heavy atom. The summed E-state index contributed by atoms with van der Waals surface area (Å²) >= 11 is 0. The fourth-order valence-electron chi connectivity index (χ4n) is 2.44. The minimum atomic E-state index is 0. The van der Waals surface area contributed by atoms with Crippen LogP contribution in [0.15, 0.2) is 24.3 Å². The average Bonchev–Trinajstić information content (AvgIpc) is 2.29. The van der Waals surface area contributed by atoms with Crippen molar-refractivity contribution in [2.24, 2.45) is 11.7 Å². The molecule has 3 nitrogen and oxygen atoms in total. The summed E-state index contributed by atoms with van der Waals surface area (Å²) in [5, 5.41) is 0. The van der Waals surface area contributed by atoms with Crippen LogP contribution >= 0.6 is 24.8 Å². The van der Waals surface area contributed by atoms with E-state index in [4.69, 9.17) is 11.5 Å². The molecule has 1 fully saturated rings. The van der Waals surface area contributed by atoms with Crippen LogP contribution in [0.3, 0.4) is 0 Å². The van der Waals surface area contributed by atoms with Crippen LogP contribution in [-0.4, -0.2) is 24.5 Å². The third-order valence-electron chi connectivity index (χ3n) is 3.29. The van der Waals surface area contributed by atoms with Crippen molar-refractivity contribution in [3.8, 4) is 0 Å². The summed E-state index contributed by atoms with van der Waals surface area (Å²) in [6.07, 6.45) is 2.55. The average molecular weight is 292 g/mol. The molecule has 0 bridgehead atoms. The largest absolute Gasteiger partial charge is 0.399 e.